The lowest BCUT2D eigenvalue weighted by Crippen LogP contribution is -2.20. The highest BCUT2D eigenvalue weighted by atomic mass is 19.1. The van der Waals surface area contributed by atoms with Crippen molar-refractivity contribution in [3.8, 4) is 0 Å². The number of hydrogen-bond acceptors (Lipinski definition) is 7. The van der Waals surface area contributed by atoms with Crippen LogP contribution in [0.1, 0.15) is 56.6 Å². The lowest BCUT2D eigenvalue weighted by molar-refractivity contribution is -0.145. The van der Waals surface area contributed by atoms with Gasteiger partial charge in [-0.05, 0) is 72.2 Å². The van der Waals surface area contributed by atoms with Crippen molar-refractivity contribution in [1.29, 1.82) is 0 Å². The normalized spacial score (nSPS) is 13.1. The number of benzene rings is 2. The van der Waals surface area contributed by atoms with Gasteiger partial charge in [-0.25, -0.2) is 13.5 Å². The van der Waals surface area contributed by atoms with Crippen molar-refractivity contribution in [2.45, 2.75) is 51.9 Å². The van der Waals surface area contributed by atoms with E-state index in [9.17, 15) is 23.8 Å². The molecule has 0 aliphatic rings. The minimum atomic E-state index is -1.12. The fourth-order valence-electron chi connectivity index (χ4n) is 3.76. The summed E-state index contributed by atoms with van der Waals surface area (Å²) in [6.07, 6.45) is 0.472. The lowest BCUT2D eigenvalue weighted by atomic mass is 9.91. The fraction of sp³-hybridized carbons (Fsp3) is 0.333. The van der Waals surface area contributed by atoms with E-state index in [0.29, 0.717) is 28.1 Å². The van der Waals surface area contributed by atoms with Gasteiger partial charge in [-0.15, -0.1) is 5.10 Å². The first-order chi connectivity index (χ1) is 17.7. The number of carbonyl (C=O) groups excluding carboxylic acids is 1. The standard InChI is InChI=1S/C27H30F2N4O4/c1-4-37-25(36)16-23(35)15-22(34)13-14-24(27-30-31-32-33(27)17(2)3)26(18-5-9-20(28)10-6-18)19-7-11-21(29)12-8-19/h5-14,17,22-23,34-35H,4,15-16H2,1-3H3. The van der Waals surface area contributed by atoms with Crippen LogP contribution in [0.25, 0.3) is 11.1 Å². The number of aliphatic hydroxyl groups excluding tert-OH is 2. The van der Waals surface area contributed by atoms with Crippen molar-refractivity contribution < 1.29 is 28.5 Å². The molecule has 10 heteroatoms. The first kappa shape index (κ1) is 27.8. The van der Waals surface area contributed by atoms with Crippen LogP contribution in [-0.4, -0.2) is 55.2 Å². The third-order valence-electron chi connectivity index (χ3n) is 5.46. The summed E-state index contributed by atoms with van der Waals surface area (Å²) < 4.78 is 33.9. The summed E-state index contributed by atoms with van der Waals surface area (Å²) >= 11 is 0. The second-order valence-electron chi connectivity index (χ2n) is 8.67. The maximum atomic E-state index is 13.8. The number of allylic oxidation sites excluding steroid dienone is 2. The molecule has 3 rings (SSSR count). The number of halogens is 2. The zero-order valence-corrected chi connectivity index (χ0v) is 20.9. The van der Waals surface area contributed by atoms with Gasteiger partial charge >= 0.3 is 5.97 Å². The van der Waals surface area contributed by atoms with Gasteiger partial charge in [0, 0.05) is 12.0 Å². The average Bonchev–Trinajstić information content (AvgIpc) is 3.33. The van der Waals surface area contributed by atoms with Gasteiger partial charge in [0.1, 0.15) is 11.6 Å². The summed E-state index contributed by atoms with van der Waals surface area (Å²) in [5.41, 5.74) is 2.29. The second kappa shape index (κ2) is 13.0. The van der Waals surface area contributed by atoms with E-state index in [-0.39, 0.29) is 25.5 Å². The molecular formula is C27H30F2N4O4. The Balaban J connectivity index is 2.11. The molecule has 2 unspecified atom stereocenters. The highest BCUT2D eigenvalue weighted by Crippen LogP contribution is 2.33. The Labute approximate surface area is 213 Å². The minimum Gasteiger partial charge on any atom is -0.466 e. The van der Waals surface area contributed by atoms with Crippen molar-refractivity contribution in [3.63, 3.8) is 0 Å². The van der Waals surface area contributed by atoms with Crippen molar-refractivity contribution in [3.05, 3.63) is 89.3 Å². The Morgan fingerprint density at radius 2 is 1.59 bits per heavy atom. The van der Waals surface area contributed by atoms with E-state index < -0.39 is 29.8 Å². The van der Waals surface area contributed by atoms with Crippen LogP contribution in [0.15, 0.2) is 60.7 Å². The number of tetrazole rings is 1. The van der Waals surface area contributed by atoms with Crippen LogP contribution >= 0.6 is 0 Å². The highest BCUT2D eigenvalue weighted by Gasteiger charge is 2.21. The van der Waals surface area contributed by atoms with Crippen LogP contribution in [0.2, 0.25) is 0 Å². The van der Waals surface area contributed by atoms with Crippen LogP contribution in [0.5, 0.6) is 0 Å². The van der Waals surface area contributed by atoms with Gasteiger partial charge in [-0.1, -0.05) is 36.4 Å². The van der Waals surface area contributed by atoms with Crippen molar-refractivity contribution >= 4 is 17.1 Å². The number of rotatable bonds is 11. The van der Waals surface area contributed by atoms with E-state index >= 15 is 0 Å². The van der Waals surface area contributed by atoms with E-state index in [2.05, 4.69) is 15.5 Å². The molecule has 0 saturated heterocycles. The third-order valence-corrected chi connectivity index (χ3v) is 5.46. The molecule has 1 heterocycles. The van der Waals surface area contributed by atoms with Gasteiger partial charge in [0.2, 0.25) is 0 Å². The van der Waals surface area contributed by atoms with Crippen LogP contribution in [0, 0.1) is 11.6 Å². The Hall–Kier alpha value is -3.76. The number of aliphatic hydroxyl groups is 2. The van der Waals surface area contributed by atoms with E-state index in [1.165, 1.54) is 30.3 Å². The van der Waals surface area contributed by atoms with Gasteiger partial charge in [-0.2, -0.15) is 0 Å². The van der Waals surface area contributed by atoms with Gasteiger partial charge in [0.25, 0.3) is 0 Å². The Kier molecular flexibility index (Phi) is 9.76. The molecule has 2 atom stereocenters. The lowest BCUT2D eigenvalue weighted by Gasteiger charge is -2.17. The number of nitrogens with zero attached hydrogens (tertiary/aromatic N) is 4. The van der Waals surface area contributed by atoms with E-state index in [1.807, 2.05) is 13.8 Å². The predicted molar refractivity (Wildman–Crippen MR) is 134 cm³/mol. The SMILES string of the molecule is CCOC(=O)CC(O)CC(O)C=CC(=C(c1ccc(F)cc1)c1ccc(F)cc1)c1nnnn1C(C)C. The summed E-state index contributed by atoms with van der Waals surface area (Å²) in [7, 11) is 0. The average molecular weight is 513 g/mol. The van der Waals surface area contributed by atoms with Crippen molar-refractivity contribution in [2.75, 3.05) is 6.61 Å². The summed E-state index contributed by atoms with van der Waals surface area (Å²) in [5.74, 6) is -1.03. The van der Waals surface area contributed by atoms with Crippen molar-refractivity contribution in [2.24, 2.45) is 0 Å². The Bertz CT molecular complexity index is 1190. The summed E-state index contributed by atoms with van der Waals surface area (Å²) in [6.45, 7) is 5.66. The Morgan fingerprint density at radius 1 is 1.03 bits per heavy atom. The zero-order chi connectivity index (χ0) is 26.9. The van der Waals surface area contributed by atoms with Crippen LogP contribution in [-0.2, 0) is 9.53 Å². The molecule has 2 N–H and O–H groups in total. The fourth-order valence-corrected chi connectivity index (χ4v) is 3.76. The molecule has 0 aliphatic heterocycles. The van der Waals surface area contributed by atoms with Gasteiger partial charge in [0.15, 0.2) is 5.82 Å². The Morgan fingerprint density at radius 3 is 2.11 bits per heavy atom. The van der Waals surface area contributed by atoms with Crippen LogP contribution in [0.4, 0.5) is 8.78 Å². The van der Waals surface area contributed by atoms with Crippen molar-refractivity contribution in [1.82, 2.24) is 20.2 Å². The first-order valence-corrected chi connectivity index (χ1v) is 11.9. The van der Waals surface area contributed by atoms with E-state index in [0.717, 1.165) is 0 Å². The molecule has 196 valence electrons. The summed E-state index contributed by atoms with van der Waals surface area (Å²) in [4.78, 5) is 11.6. The molecule has 0 aliphatic carbocycles. The smallest absolute Gasteiger partial charge is 0.308 e. The molecule has 8 nitrogen and oxygen atoms in total. The highest BCUT2D eigenvalue weighted by molar-refractivity contribution is 6.00. The number of aromatic nitrogens is 4. The number of hydrogen-bond donors (Lipinski definition) is 2. The number of carbonyl (C=O) groups is 1. The van der Waals surface area contributed by atoms with Gasteiger partial charge < -0.3 is 14.9 Å². The molecule has 2 aromatic carbocycles. The molecule has 1 aromatic heterocycles. The molecular weight excluding hydrogens is 482 g/mol. The molecule has 0 saturated carbocycles. The second-order valence-corrected chi connectivity index (χ2v) is 8.67. The molecule has 37 heavy (non-hydrogen) atoms. The molecule has 3 aromatic rings. The predicted octanol–water partition coefficient (Wildman–Crippen LogP) is 4.11. The topological polar surface area (TPSA) is 110 Å². The van der Waals surface area contributed by atoms with Crippen LogP contribution in [0.3, 0.4) is 0 Å². The number of ether oxygens (including phenoxy) is 1. The maximum absolute atomic E-state index is 13.8. The molecule has 0 amide bonds. The third kappa shape index (κ3) is 7.61. The summed E-state index contributed by atoms with van der Waals surface area (Å²) in [6, 6.07) is 11.5. The summed E-state index contributed by atoms with van der Waals surface area (Å²) in [5, 5.41) is 32.9. The van der Waals surface area contributed by atoms with Crippen LogP contribution < -0.4 is 0 Å². The molecule has 0 fully saturated rings. The quantitative estimate of drug-likeness (QED) is 0.294. The monoisotopic (exact) mass is 512 g/mol. The first-order valence-electron chi connectivity index (χ1n) is 11.9. The largest absolute Gasteiger partial charge is 0.466 e. The van der Waals surface area contributed by atoms with Gasteiger partial charge in [0.05, 0.1) is 31.3 Å². The zero-order valence-electron chi connectivity index (χ0n) is 20.9. The molecule has 0 radical (unpaired) electrons. The molecule has 0 spiro atoms. The van der Waals surface area contributed by atoms with E-state index in [4.69, 9.17) is 4.74 Å². The number of esters is 1. The maximum Gasteiger partial charge on any atom is 0.308 e. The van der Waals surface area contributed by atoms with Gasteiger partial charge in [-0.3, -0.25) is 4.79 Å². The molecule has 0 bridgehead atoms. The minimum absolute atomic E-state index is 0.111. The van der Waals surface area contributed by atoms with E-state index in [1.54, 1.807) is 41.9 Å².